The van der Waals surface area contributed by atoms with Gasteiger partial charge in [0.15, 0.2) is 0 Å². The minimum atomic E-state index is 0.269. The Morgan fingerprint density at radius 2 is 2.00 bits per heavy atom. The number of aliphatic hydroxyl groups is 1. The molecule has 0 spiro atoms. The molecule has 0 atom stereocenters. The zero-order valence-corrected chi connectivity index (χ0v) is 9.69. The monoisotopic (exact) mass is 242 g/mol. The molecule has 2 heteroatoms. The Morgan fingerprint density at radius 3 is 2.62 bits per heavy atom. The molecule has 0 saturated heterocycles. The van der Waals surface area contributed by atoms with Crippen molar-refractivity contribution >= 4 is 15.9 Å². The van der Waals surface area contributed by atoms with Crippen LogP contribution in [0, 0.1) is 13.8 Å². The van der Waals surface area contributed by atoms with Crippen LogP contribution in [0.4, 0.5) is 0 Å². The molecular weight excluding hydrogens is 228 g/mol. The first kappa shape index (κ1) is 10.7. The summed E-state index contributed by atoms with van der Waals surface area (Å²) in [5, 5.41) is 8.73. The van der Waals surface area contributed by atoms with E-state index >= 15 is 0 Å². The highest BCUT2D eigenvalue weighted by molar-refractivity contribution is 9.10. The lowest BCUT2D eigenvalue weighted by Crippen LogP contribution is -1.94. The van der Waals surface area contributed by atoms with E-state index in [9.17, 15) is 0 Å². The molecule has 1 aromatic rings. The van der Waals surface area contributed by atoms with E-state index in [0.29, 0.717) is 0 Å². The topological polar surface area (TPSA) is 20.2 Å². The number of rotatable bonds is 3. The van der Waals surface area contributed by atoms with Crippen LogP contribution >= 0.6 is 15.9 Å². The lowest BCUT2D eigenvalue weighted by atomic mass is 10.0. The van der Waals surface area contributed by atoms with E-state index in [0.717, 1.165) is 12.8 Å². The summed E-state index contributed by atoms with van der Waals surface area (Å²) in [6.07, 6.45) is 1.80. The third kappa shape index (κ3) is 2.55. The molecule has 1 nitrogen and oxygen atoms in total. The summed E-state index contributed by atoms with van der Waals surface area (Å²) in [7, 11) is 0. The Balaban J connectivity index is 2.90. The summed E-state index contributed by atoms with van der Waals surface area (Å²) in [5.41, 5.74) is 3.89. The first-order chi connectivity index (χ1) is 6.16. The molecule has 0 aromatic heterocycles. The Hall–Kier alpha value is -0.340. The molecule has 0 aliphatic heterocycles. The highest BCUT2D eigenvalue weighted by Gasteiger charge is 2.03. The van der Waals surface area contributed by atoms with Crippen molar-refractivity contribution in [2.75, 3.05) is 6.61 Å². The molecular formula is C11H15BrO. The second-order valence-electron chi connectivity index (χ2n) is 3.31. The summed E-state index contributed by atoms with van der Waals surface area (Å²) in [4.78, 5) is 0. The summed E-state index contributed by atoms with van der Waals surface area (Å²) in [5.74, 6) is 0. The standard InChI is InChI=1S/C11H15BrO/c1-8-5-6-10(4-3-7-13)9(2)11(8)12/h5-6,13H,3-4,7H2,1-2H3. The van der Waals surface area contributed by atoms with E-state index in [1.807, 2.05) is 0 Å². The summed E-state index contributed by atoms with van der Waals surface area (Å²) < 4.78 is 1.20. The summed E-state index contributed by atoms with van der Waals surface area (Å²) >= 11 is 3.56. The van der Waals surface area contributed by atoms with E-state index < -0.39 is 0 Å². The maximum absolute atomic E-state index is 8.73. The smallest absolute Gasteiger partial charge is 0.0434 e. The van der Waals surface area contributed by atoms with Crippen LogP contribution in [0.3, 0.4) is 0 Å². The number of halogens is 1. The molecule has 1 aromatic carbocycles. The van der Waals surface area contributed by atoms with Crippen molar-refractivity contribution < 1.29 is 5.11 Å². The molecule has 0 unspecified atom stereocenters. The van der Waals surface area contributed by atoms with Crippen molar-refractivity contribution in [3.63, 3.8) is 0 Å². The molecule has 0 aliphatic carbocycles. The van der Waals surface area contributed by atoms with E-state index in [2.05, 4.69) is 41.9 Å². The van der Waals surface area contributed by atoms with Gasteiger partial charge >= 0.3 is 0 Å². The average molecular weight is 243 g/mol. The fraction of sp³-hybridized carbons (Fsp3) is 0.455. The van der Waals surface area contributed by atoms with Crippen molar-refractivity contribution in [1.29, 1.82) is 0 Å². The maximum atomic E-state index is 8.73. The SMILES string of the molecule is Cc1ccc(CCCO)c(C)c1Br. The second-order valence-corrected chi connectivity index (χ2v) is 4.10. The minimum absolute atomic E-state index is 0.269. The Labute approximate surface area is 87.9 Å². The fourth-order valence-corrected chi connectivity index (χ4v) is 1.79. The van der Waals surface area contributed by atoms with Crippen LogP contribution < -0.4 is 0 Å². The fourth-order valence-electron chi connectivity index (χ4n) is 1.40. The lowest BCUT2D eigenvalue weighted by molar-refractivity contribution is 0.288. The third-order valence-corrected chi connectivity index (χ3v) is 3.52. The molecule has 0 amide bonds. The van der Waals surface area contributed by atoms with Crippen LogP contribution in [0.1, 0.15) is 23.1 Å². The highest BCUT2D eigenvalue weighted by atomic mass is 79.9. The van der Waals surface area contributed by atoms with Crippen molar-refractivity contribution in [1.82, 2.24) is 0 Å². The number of hydrogen-bond acceptors (Lipinski definition) is 1. The Bertz CT molecular complexity index is 294. The van der Waals surface area contributed by atoms with Crippen molar-refractivity contribution in [2.24, 2.45) is 0 Å². The van der Waals surface area contributed by atoms with Gasteiger partial charge in [-0.25, -0.2) is 0 Å². The molecule has 0 saturated carbocycles. The van der Waals surface area contributed by atoms with Gasteiger partial charge in [0.25, 0.3) is 0 Å². The van der Waals surface area contributed by atoms with Crippen LogP contribution in [0.25, 0.3) is 0 Å². The van der Waals surface area contributed by atoms with Gasteiger partial charge in [-0.15, -0.1) is 0 Å². The third-order valence-electron chi connectivity index (χ3n) is 2.30. The molecule has 13 heavy (non-hydrogen) atoms. The lowest BCUT2D eigenvalue weighted by Gasteiger charge is -2.08. The molecule has 1 rings (SSSR count). The maximum Gasteiger partial charge on any atom is 0.0434 e. The van der Waals surface area contributed by atoms with Crippen LogP contribution in [0.2, 0.25) is 0 Å². The Kier molecular flexibility index (Phi) is 3.94. The zero-order valence-electron chi connectivity index (χ0n) is 8.10. The van der Waals surface area contributed by atoms with Crippen LogP contribution in [0.15, 0.2) is 16.6 Å². The van der Waals surface area contributed by atoms with Crippen LogP contribution in [-0.4, -0.2) is 11.7 Å². The average Bonchev–Trinajstić information content (AvgIpc) is 2.13. The summed E-state index contributed by atoms with van der Waals surface area (Å²) in [6, 6.07) is 4.26. The highest BCUT2D eigenvalue weighted by Crippen LogP contribution is 2.24. The zero-order chi connectivity index (χ0) is 9.84. The molecule has 72 valence electrons. The quantitative estimate of drug-likeness (QED) is 0.865. The predicted octanol–water partition coefficient (Wildman–Crippen LogP) is 2.99. The van der Waals surface area contributed by atoms with Gasteiger partial charge in [0, 0.05) is 11.1 Å². The van der Waals surface area contributed by atoms with Gasteiger partial charge in [0.05, 0.1) is 0 Å². The first-order valence-electron chi connectivity index (χ1n) is 4.52. The van der Waals surface area contributed by atoms with Gasteiger partial charge in [0.1, 0.15) is 0 Å². The van der Waals surface area contributed by atoms with Gasteiger partial charge in [-0.2, -0.15) is 0 Å². The van der Waals surface area contributed by atoms with E-state index in [1.54, 1.807) is 0 Å². The van der Waals surface area contributed by atoms with Crippen LogP contribution in [0.5, 0.6) is 0 Å². The van der Waals surface area contributed by atoms with E-state index in [4.69, 9.17) is 5.11 Å². The van der Waals surface area contributed by atoms with Crippen molar-refractivity contribution in [2.45, 2.75) is 26.7 Å². The normalized spacial score (nSPS) is 10.5. The van der Waals surface area contributed by atoms with Gasteiger partial charge in [-0.1, -0.05) is 28.1 Å². The van der Waals surface area contributed by atoms with Crippen molar-refractivity contribution in [3.05, 3.63) is 33.3 Å². The minimum Gasteiger partial charge on any atom is -0.396 e. The number of benzene rings is 1. The van der Waals surface area contributed by atoms with Gasteiger partial charge in [0.2, 0.25) is 0 Å². The van der Waals surface area contributed by atoms with E-state index in [-0.39, 0.29) is 6.61 Å². The molecule has 0 heterocycles. The van der Waals surface area contributed by atoms with Gasteiger partial charge in [-0.3, -0.25) is 0 Å². The van der Waals surface area contributed by atoms with Crippen molar-refractivity contribution in [3.8, 4) is 0 Å². The second kappa shape index (κ2) is 4.77. The van der Waals surface area contributed by atoms with E-state index in [1.165, 1.54) is 21.2 Å². The molecule has 0 aliphatic rings. The molecule has 0 fully saturated rings. The Morgan fingerprint density at radius 1 is 1.31 bits per heavy atom. The number of aryl methyl sites for hydroxylation is 2. The number of hydrogen-bond donors (Lipinski definition) is 1. The molecule has 0 radical (unpaired) electrons. The van der Waals surface area contributed by atoms with Gasteiger partial charge in [-0.05, 0) is 43.4 Å². The predicted molar refractivity (Wildman–Crippen MR) is 59.0 cm³/mol. The largest absolute Gasteiger partial charge is 0.396 e. The number of aliphatic hydroxyl groups excluding tert-OH is 1. The molecule has 0 bridgehead atoms. The van der Waals surface area contributed by atoms with Gasteiger partial charge < -0.3 is 5.11 Å². The molecule has 1 N–H and O–H groups in total. The first-order valence-corrected chi connectivity index (χ1v) is 5.31. The van der Waals surface area contributed by atoms with Crippen LogP contribution in [-0.2, 0) is 6.42 Å². The summed E-state index contributed by atoms with van der Waals surface area (Å²) in [6.45, 7) is 4.47.